The fourth-order valence-corrected chi connectivity index (χ4v) is 4.41. The highest BCUT2D eigenvalue weighted by Gasteiger charge is 2.15. The summed E-state index contributed by atoms with van der Waals surface area (Å²) in [7, 11) is 1.66. The van der Waals surface area contributed by atoms with Gasteiger partial charge in [0.15, 0.2) is 10.8 Å². The van der Waals surface area contributed by atoms with E-state index in [1.54, 1.807) is 7.11 Å². The van der Waals surface area contributed by atoms with Gasteiger partial charge in [-0.05, 0) is 55.7 Å². The minimum Gasteiger partial charge on any atom is -0.497 e. The number of aryl methyl sites for hydroxylation is 3. The van der Waals surface area contributed by atoms with Gasteiger partial charge in [-0.1, -0.05) is 30.0 Å². The number of pyridine rings is 1. The number of ether oxygens (including phenoxy) is 2. The lowest BCUT2D eigenvalue weighted by molar-refractivity contribution is 0.125. The van der Waals surface area contributed by atoms with E-state index in [1.807, 2.05) is 60.7 Å². The van der Waals surface area contributed by atoms with Crippen molar-refractivity contribution in [3.05, 3.63) is 59.2 Å². The second-order valence-electron chi connectivity index (χ2n) is 7.38. The third-order valence-electron chi connectivity index (χ3n) is 5.11. The molecule has 1 unspecified atom stereocenters. The fourth-order valence-electron chi connectivity index (χ4n) is 3.55. The van der Waals surface area contributed by atoms with Crippen LogP contribution in [0.2, 0.25) is 0 Å². The summed E-state index contributed by atoms with van der Waals surface area (Å²) in [4.78, 5) is 0. The van der Waals surface area contributed by atoms with Gasteiger partial charge in [-0.2, -0.15) is 0 Å². The van der Waals surface area contributed by atoms with Crippen molar-refractivity contribution in [2.24, 2.45) is 0 Å². The van der Waals surface area contributed by atoms with Gasteiger partial charge in [0, 0.05) is 17.2 Å². The fraction of sp³-hybridized carbons (Fsp3) is 0.304. The first-order valence-corrected chi connectivity index (χ1v) is 10.8. The molecule has 0 saturated heterocycles. The molecule has 0 aliphatic rings. The monoisotopic (exact) mass is 423 g/mol. The van der Waals surface area contributed by atoms with Crippen molar-refractivity contribution in [3.63, 3.8) is 0 Å². The highest BCUT2D eigenvalue weighted by atomic mass is 32.2. The van der Waals surface area contributed by atoms with Crippen molar-refractivity contribution >= 4 is 28.3 Å². The maximum atomic E-state index is 10.5. The van der Waals surface area contributed by atoms with Gasteiger partial charge in [0.05, 0.1) is 18.7 Å². The number of benzene rings is 2. The summed E-state index contributed by atoms with van der Waals surface area (Å²) in [5, 5.41) is 21.0. The predicted octanol–water partition coefficient (Wildman–Crippen LogP) is 4.35. The van der Waals surface area contributed by atoms with Gasteiger partial charge >= 0.3 is 0 Å². The Balaban J connectivity index is 1.53. The largest absolute Gasteiger partial charge is 0.497 e. The molecule has 2 aromatic carbocycles. The summed E-state index contributed by atoms with van der Waals surface area (Å²) < 4.78 is 13.3. The summed E-state index contributed by atoms with van der Waals surface area (Å²) in [6.07, 6.45) is -0.632. The molecule has 0 aliphatic heterocycles. The number of aliphatic hydroxyl groups excluding tert-OH is 1. The number of thioether (sulfide) groups is 1. The number of fused-ring (bicyclic) bond motifs is 3. The molecule has 6 nitrogen and oxygen atoms in total. The first-order valence-electron chi connectivity index (χ1n) is 9.80. The van der Waals surface area contributed by atoms with Crippen LogP contribution >= 0.6 is 11.8 Å². The van der Waals surface area contributed by atoms with E-state index in [2.05, 4.69) is 17.1 Å². The Bertz CT molecular complexity index is 1190. The van der Waals surface area contributed by atoms with E-state index in [4.69, 9.17) is 9.47 Å². The van der Waals surface area contributed by atoms with E-state index in [0.29, 0.717) is 5.75 Å². The third kappa shape index (κ3) is 3.95. The maximum absolute atomic E-state index is 10.5. The van der Waals surface area contributed by atoms with E-state index in [9.17, 15) is 5.11 Å². The summed E-state index contributed by atoms with van der Waals surface area (Å²) >= 11 is 1.46. The van der Waals surface area contributed by atoms with E-state index in [0.717, 1.165) is 49.9 Å². The van der Waals surface area contributed by atoms with E-state index in [1.165, 1.54) is 11.8 Å². The van der Waals surface area contributed by atoms with Crippen molar-refractivity contribution in [2.75, 3.05) is 19.5 Å². The molecule has 2 heterocycles. The zero-order chi connectivity index (χ0) is 21.3. The average Bonchev–Trinajstić information content (AvgIpc) is 3.14. The topological polar surface area (TPSA) is 68.9 Å². The molecule has 0 radical (unpaired) electrons. The Hall–Kier alpha value is -2.77. The van der Waals surface area contributed by atoms with Gasteiger partial charge in [-0.25, -0.2) is 0 Å². The normalized spacial score (nSPS) is 12.4. The molecule has 2 aromatic heterocycles. The number of methoxy groups -OCH3 is 1. The molecule has 4 rings (SSSR count). The van der Waals surface area contributed by atoms with Crippen LogP contribution in [0.5, 0.6) is 11.5 Å². The van der Waals surface area contributed by atoms with Crippen molar-refractivity contribution < 1.29 is 14.6 Å². The number of nitrogens with zero attached hydrogens (tertiary/aromatic N) is 3. The summed E-state index contributed by atoms with van der Waals surface area (Å²) in [6, 6.07) is 14.0. The van der Waals surface area contributed by atoms with Crippen molar-refractivity contribution in [2.45, 2.75) is 32.0 Å². The third-order valence-corrected chi connectivity index (χ3v) is 6.18. The molecular formula is C23H25N3O3S. The van der Waals surface area contributed by atoms with Crippen LogP contribution in [0.1, 0.15) is 16.7 Å². The van der Waals surface area contributed by atoms with Gasteiger partial charge in [0.1, 0.15) is 18.1 Å². The predicted molar refractivity (Wildman–Crippen MR) is 120 cm³/mol. The maximum Gasteiger partial charge on any atom is 0.196 e. The number of hydrogen-bond acceptors (Lipinski definition) is 6. The molecule has 1 N–H and O–H groups in total. The Labute approximate surface area is 179 Å². The number of aromatic nitrogens is 3. The van der Waals surface area contributed by atoms with Crippen LogP contribution in [-0.2, 0) is 0 Å². The molecule has 0 spiro atoms. The molecule has 0 bridgehead atoms. The van der Waals surface area contributed by atoms with Crippen molar-refractivity contribution in [1.29, 1.82) is 0 Å². The summed E-state index contributed by atoms with van der Waals surface area (Å²) in [6.45, 7) is 6.30. The van der Waals surface area contributed by atoms with Gasteiger partial charge in [-0.15, -0.1) is 10.2 Å². The molecular weight excluding hydrogens is 398 g/mol. The van der Waals surface area contributed by atoms with Gasteiger partial charge in [0.2, 0.25) is 0 Å². The lowest BCUT2D eigenvalue weighted by Crippen LogP contribution is -2.20. The number of rotatable bonds is 7. The zero-order valence-electron chi connectivity index (χ0n) is 17.5. The van der Waals surface area contributed by atoms with Crippen molar-refractivity contribution in [1.82, 2.24) is 14.6 Å². The standard InChI is InChI=1S/C23H25N3O3S/c1-14-6-5-7-15(2)22(14)29-12-17(27)13-30-23-25-24-21-10-16(3)19-9-8-18(28-4)11-20(19)26(21)23/h5-11,17,27H,12-13H2,1-4H3. The van der Waals surface area contributed by atoms with Crippen LogP contribution in [0.15, 0.2) is 47.6 Å². The SMILES string of the molecule is COc1ccc2c(C)cc3nnc(SCC(O)COc4c(C)cccc4C)n3c2c1. The molecule has 4 aromatic rings. The molecule has 156 valence electrons. The van der Waals surface area contributed by atoms with Crippen LogP contribution in [-0.4, -0.2) is 45.3 Å². The van der Waals surface area contributed by atoms with Crippen LogP contribution in [0, 0.1) is 20.8 Å². The highest BCUT2D eigenvalue weighted by Crippen LogP contribution is 2.29. The first-order chi connectivity index (χ1) is 14.5. The minimum absolute atomic E-state index is 0.225. The van der Waals surface area contributed by atoms with Gasteiger partial charge < -0.3 is 14.6 Å². The smallest absolute Gasteiger partial charge is 0.196 e. The second kappa shape index (κ2) is 8.53. The van der Waals surface area contributed by atoms with E-state index in [-0.39, 0.29) is 6.61 Å². The van der Waals surface area contributed by atoms with Crippen LogP contribution in [0.25, 0.3) is 16.6 Å². The number of aliphatic hydroxyl groups is 1. The Morgan fingerprint density at radius 2 is 1.80 bits per heavy atom. The number of para-hydroxylation sites is 1. The molecule has 7 heteroatoms. The van der Waals surface area contributed by atoms with Crippen LogP contribution in [0.3, 0.4) is 0 Å². The first kappa shape index (κ1) is 20.5. The Morgan fingerprint density at radius 1 is 1.03 bits per heavy atom. The number of hydrogen-bond donors (Lipinski definition) is 1. The lowest BCUT2D eigenvalue weighted by Gasteiger charge is -2.15. The minimum atomic E-state index is -0.632. The molecule has 1 atom stereocenters. The molecule has 0 aliphatic carbocycles. The Morgan fingerprint density at radius 3 is 2.53 bits per heavy atom. The van der Waals surface area contributed by atoms with Gasteiger partial charge in [-0.3, -0.25) is 4.40 Å². The van der Waals surface area contributed by atoms with Crippen LogP contribution in [0.4, 0.5) is 0 Å². The molecule has 0 amide bonds. The van der Waals surface area contributed by atoms with Crippen molar-refractivity contribution in [3.8, 4) is 11.5 Å². The zero-order valence-corrected chi connectivity index (χ0v) is 18.4. The quantitative estimate of drug-likeness (QED) is 0.446. The summed E-state index contributed by atoms with van der Waals surface area (Å²) in [5.41, 5.74) is 5.02. The average molecular weight is 424 g/mol. The summed E-state index contributed by atoms with van der Waals surface area (Å²) in [5.74, 6) is 2.06. The molecule has 30 heavy (non-hydrogen) atoms. The van der Waals surface area contributed by atoms with E-state index >= 15 is 0 Å². The lowest BCUT2D eigenvalue weighted by atomic mass is 10.1. The van der Waals surface area contributed by atoms with Crippen LogP contribution < -0.4 is 9.47 Å². The molecule has 0 saturated carbocycles. The highest BCUT2D eigenvalue weighted by molar-refractivity contribution is 7.99. The van der Waals surface area contributed by atoms with E-state index < -0.39 is 6.10 Å². The second-order valence-corrected chi connectivity index (χ2v) is 8.37. The molecule has 0 fully saturated rings. The van der Waals surface area contributed by atoms with Gasteiger partial charge in [0.25, 0.3) is 0 Å². The Kier molecular flexibility index (Phi) is 5.83.